The van der Waals surface area contributed by atoms with Gasteiger partial charge in [-0.05, 0) is 49.7 Å². The fraction of sp³-hybridized carbons (Fsp3) is 0.647. The van der Waals surface area contributed by atoms with E-state index < -0.39 is 0 Å². The monoisotopic (exact) mass is 261 g/mol. The van der Waals surface area contributed by atoms with Crippen LogP contribution in [0.2, 0.25) is 0 Å². The third-order valence-corrected chi connectivity index (χ3v) is 4.84. The number of aryl methyl sites for hydroxylation is 1. The maximum Gasteiger partial charge on any atom is 0.126 e. The van der Waals surface area contributed by atoms with Crippen LogP contribution in [0.1, 0.15) is 55.3 Å². The molecule has 0 aromatic heterocycles. The molecule has 0 aliphatic heterocycles. The van der Waals surface area contributed by atoms with Crippen LogP contribution in [-0.4, -0.2) is 7.11 Å². The minimum absolute atomic E-state index is 0.113. The van der Waals surface area contributed by atoms with E-state index in [-0.39, 0.29) is 6.04 Å². The summed E-state index contributed by atoms with van der Waals surface area (Å²) in [5.41, 5.74) is 10.2. The summed E-state index contributed by atoms with van der Waals surface area (Å²) < 4.78 is 5.61. The summed E-state index contributed by atoms with van der Waals surface area (Å²) in [6, 6.07) is 4.43. The van der Waals surface area contributed by atoms with E-state index >= 15 is 0 Å². The van der Waals surface area contributed by atoms with Crippen molar-refractivity contribution in [3.05, 3.63) is 28.8 Å². The molecule has 2 N–H and O–H groups in total. The van der Waals surface area contributed by atoms with Crippen LogP contribution < -0.4 is 10.5 Å². The molecular weight excluding hydrogens is 234 g/mol. The maximum atomic E-state index is 6.53. The van der Waals surface area contributed by atoms with Crippen molar-refractivity contribution in [2.45, 2.75) is 52.5 Å². The quantitative estimate of drug-likeness (QED) is 0.887. The summed E-state index contributed by atoms with van der Waals surface area (Å²) in [5.74, 6) is 2.46. The number of hydrogen-bond donors (Lipinski definition) is 1. The molecule has 1 unspecified atom stereocenters. The molecule has 19 heavy (non-hydrogen) atoms. The summed E-state index contributed by atoms with van der Waals surface area (Å²) in [5, 5.41) is 0. The fourth-order valence-corrected chi connectivity index (χ4v) is 3.24. The van der Waals surface area contributed by atoms with Gasteiger partial charge < -0.3 is 10.5 Å². The average Bonchev–Trinajstić information content (AvgIpc) is 2.41. The average molecular weight is 261 g/mol. The van der Waals surface area contributed by atoms with Gasteiger partial charge in [0.15, 0.2) is 0 Å². The highest BCUT2D eigenvalue weighted by atomic mass is 16.5. The normalized spacial score (nSPS) is 25.1. The molecule has 1 aliphatic carbocycles. The summed E-state index contributed by atoms with van der Waals surface area (Å²) in [6.07, 6.45) is 5.12. The SMILES string of the molecule is COc1c(C(N)C2CCC(C)CC2)ccc(C)c1C. The van der Waals surface area contributed by atoms with Crippen LogP contribution in [0.15, 0.2) is 12.1 Å². The van der Waals surface area contributed by atoms with Crippen molar-refractivity contribution in [3.63, 3.8) is 0 Å². The lowest BCUT2D eigenvalue weighted by Gasteiger charge is -2.32. The van der Waals surface area contributed by atoms with Crippen molar-refractivity contribution in [2.24, 2.45) is 17.6 Å². The Kier molecular flexibility index (Phi) is 4.51. The van der Waals surface area contributed by atoms with Gasteiger partial charge in [0.1, 0.15) is 5.75 Å². The zero-order valence-corrected chi connectivity index (χ0v) is 12.7. The predicted molar refractivity (Wildman–Crippen MR) is 80.5 cm³/mol. The molecule has 1 aromatic carbocycles. The minimum atomic E-state index is 0.113. The number of rotatable bonds is 3. The number of hydrogen-bond acceptors (Lipinski definition) is 2. The Morgan fingerprint density at radius 1 is 1.16 bits per heavy atom. The van der Waals surface area contributed by atoms with Gasteiger partial charge in [0, 0.05) is 11.6 Å². The third kappa shape index (κ3) is 2.94. The number of nitrogens with two attached hydrogens (primary N) is 1. The predicted octanol–water partition coefficient (Wildman–Crippen LogP) is 4.14. The molecule has 2 rings (SSSR count). The van der Waals surface area contributed by atoms with Crippen LogP contribution in [0.3, 0.4) is 0 Å². The molecule has 1 fully saturated rings. The molecule has 0 saturated heterocycles. The second kappa shape index (κ2) is 5.96. The van der Waals surface area contributed by atoms with Gasteiger partial charge in [-0.3, -0.25) is 0 Å². The van der Waals surface area contributed by atoms with Crippen molar-refractivity contribution in [2.75, 3.05) is 7.11 Å². The molecule has 1 aliphatic rings. The van der Waals surface area contributed by atoms with Gasteiger partial charge in [0.2, 0.25) is 0 Å². The smallest absolute Gasteiger partial charge is 0.126 e. The first-order chi connectivity index (χ1) is 9.04. The highest BCUT2D eigenvalue weighted by molar-refractivity contribution is 5.46. The molecule has 1 aromatic rings. The second-order valence-electron chi connectivity index (χ2n) is 6.18. The maximum absolute atomic E-state index is 6.53. The molecule has 0 bridgehead atoms. The zero-order chi connectivity index (χ0) is 14.0. The molecule has 0 amide bonds. The third-order valence-electron chi connectivity index (χ3n) is 4.84. The Hall–Kier alpha value is -1.02. The Labute approximate surface area is 117 Å². The van der Waals surface area contributed by atoms with E-state index in [0.29, 0.717) is 5.92 Å². The fourth-order valence-electron chi connectivity index (χ4n) is 3.24. The molecular formula is C17H27NO. The van der Waals surface area contributed by atoms with Crippen molar-refractivity contribution < 1.29 is 4.74 Å². The number of ether oxygens (including phenoxy) is 1. The first-order valence-corrected chi connectivity index (χ1v) is 7.44. The number of methoxy groups -OCH3 is 1. The van der Waals surface area contributed by atoms with E-state index in [9.17, 15) is 0 Å². The van der Waals surface area contributed by atoms with Gasteiger partial charge in [-0.2, -0.15) is 0 Å². The van der Waals surface area contributed by atoms with Gasteiger partial charge in [-0.15, -0.1) is 0 Å². The van der Waals surface area contributed by atoms with E-state index in [1.54, 1.807) is 7.11 Å². The molecule has 2 heteroatoms. The molecule has 1 saturated carbocycles. The van der Waals surface area contributed by atoms with E-state index in [2.05, 4.69) is 32.9 Å². The molecule has 2 nitrogen and oxygen atoms in total. The lowest BCUT2D eigenvalue weighted by molar-refractivity contribution is 0.252. The van der Waals surface area contributed by atoms with Crippen molar-refractivity contribution in [1.82, 2.24) is 0 Å². The van der Waals surface area contributed by atoms with Crippen molar-refractivity contribution in [3.8, 4) is 5.75 Å². The topological polar surface area (TPSA) is 35.2 Å². The molecule has 106 valence electrons. The Bertz CT molecular complexity index is 433. The lowest BCUT2D eigenvalue weighted by Crippen LogP contribution is -2.26. The molecule has 0 spiro atoms. The van der Waals surface area contributed by atoms with E-state index in [1.807, 2.05) is 0 Å². The van der Waals surface area contributed by atoms with Crippen LogP contribution in [0, 0.1) is 25.7 Å². The van der Waals surface area contributed by atoms with Crippen LogP contribution >= 0.6 is 0 Å². The number of benzene rings is 1. The van der Waals surface area contributed by atoms with E-state index in [0.717, 1.165) is 11.7 Å². The minimum Gasteiger partial charge on any atom is -0.496 e. The second-order valence-corrected chi connectivity index (χ2v) is 6.18. The van der Waals surface area contributed by atoms with Crippen LogP contribution in [0.5, 0.6) is 5.75 Å². The summed E-state index contributed by atoms with van der Waals surface area (Å²) >= 11 is 0. The van der Waals surface area contributed by atoms with Crippen LogP contribution in [0.4, 0.5) is 0 Å². The van der Waals surface area contributed by atoms with Gasteiger partial charge in [0.05, 0.1) is 7.11 Å². The van der Waals surface area contributed by atoms with E-state index in [1.165, 1.54) is 42.4 Å². The summed E-state index contributed by atoms with van der Waals surface area (Å²) in [6.45, 7) is 6.58. The highest BCUT2D eigenvalue weighted by Crippen LogP contribution is 2.39. The van der Waals surface area contributed by atoms with Crippen LogP contribution in [-0.2, 0) is 0 Å². The van der Waals surface area contributed by atoms with Crippen molar-refractivity contribution in [1.29, 1.82) is 0 Å². The molecule has 1 atom stereocenters. The van der Waals surface area contributed by atoms with Crippen molar-refractivity contribution >= 4 is 0 Å². The zero-order valence-electron chi connectivity index (χ0n) is 12.7. The van der Waals surface area contributed by atoms with Crippen LogP contribution in [0.25, 0.3) is 0 Å². The van der Waals surface area contributed by atoms with Gasteiger partial charge >= 0.3 is 0 Å². The molecule has 0 radical (unpaired) electrons. The van der Waals surface area contributed by atoms with Gasteiger partial charge in [-0.1, -0.05) is 31.9 Å². The summed E-state index contributed by atoms with van der Waals surface area (Å²) in [7, 11) is 1.75. The largest absolute Gasteiger partial charge is 0.496 e. The Balaban J connectivity index is 2.23. The lowest BCUT2D eigenvalue weighted by atomic mass is 9.77. The Morgan fingerprint density at radius 2 is 1.79 bits per heavy atom. The highest BCUT2D eigenvalue weighted by Gasteiger charge is 2.27. The molecule has 0 heterocycles. The van der Waals surface area contributed by atoms with Gasteiger partial charge in [-0.25, -0.2) is 0 Å². The van der Waals surface area contributed by atoms with Gasteiger partial charge in [0.25, 0.3) is 0 Å². The standard InChI is InChI=1S/C17H27NO/c1-11-5-8-14(9-6-11)16(18)15-10-7-12(2)13(3)17(15)19-4/h7,10-11,14,16H,5-6,8-9,18H2,1-4H3. The first-order valence-electron chi connectivity index (χ1n) is 7.44. The van der Waals surface area contributed by atoms with E-state index in [4.69, 9.17) is 10.5 Å². The first kappa shape index (κ1) is 14.4. The summed E-state index contributed by atoms with van der Waals surface area (Å²) in [4.78, 5) is 0. The Morgan fingerprint density at radius 3 is 2.37 bits per heavy atom.